The summed E-state index contributed by atoms with van der Waals surface area (Å²) >= 11 is 0. The van der Waals surface area contributed by atoms with E-state index in [1.807, 2.05) is 36.4 Å². The van der Waals surface area contributed by atoms with Crippen molar-refractivity contribution in [3.63, 3.8) is 0 Å². The minimum Gasteiger partial charge on any atom is -0.481 e. The quantitative estimate of drug-likeness (QED) is 0.427. The van der Waals surface area contributed by atoms with E-state index in [0.29, 0.717) is 0 Å². The molecular weight excluding hydrogens is 316 g/mol. The first-order valence-corrected chi connectivity index (χ1v) is 8.11. The van der Waals surface area contributed by atoms with Crippen LogP contribution in [0.1, 0.15) is 18.4 Å². The first-order valence-electron chi connectivity index (χ1n) is 8.11. The van der Waals surface area contributed by atoms with Crippen LogP contribution in [0.5, 0.6) is 0 Å². The average molecular weight is 332 g/mol. The van der Waals surface area contributed by atoms with Crippen molar-refractivity contribution in [1.82, 2.24) is 0 Å². The highest BCUT2D eigenvalue weighted by Gasteiger charge is 2.33. The number of carboxylic acid groups (broad SMARTS) is 2. The van der Waals surface area contributed by atoms with Gasteiger partial charge in [-0.25, -0.2) is 0 Å². The highest BCUT2D eigenvalue weighted by molar-refractivity contribution is 6.23. The number of carboxylic acids is 2. The van der Waals surface area contributed by atoms with Crippen molar-refractivity contribution < 1.29 is 19.8 Å². The maximum absolute atomic E-state index is 11.4. The van der Waals surface area contributed by atoms with Gasteiger partial charge in [0.05, 0.1) is 0 Å². The number of carbonyl (C=O) groups is 2. The van der Waals surface area contributed by atoms with Crippen LogP contribution in [0.15, 0.2) is 54.6 Å². The van der Waals surface area contributed by atoms with Crippen molar-refractivity contribution in [2.24, 2.45) is 5.92 Å². The fraction of sp³-hybridized carbons (Fsp3) is 0.143. The summed E-state index contributed by atoms with van der Waals surface area (Å²) in [6.07, 6.45) is 0. The van der Waals surface area contributed by atoms with Crippen LogP contribution < -0.4 is 0 Å². The molecule has 0 aliphatic rings. The van der Waals surface area contributed by atoms with Gasteiger partial charge >= 0.3 is 11.9 Å². The molecule has 1 atom stereocenters. The lowest BCUT2D eigenvalue weighted by atomic mass is 9.82. The second kappa shape index (κ2) is 5.45. The van der Waals surface area contributed by atoms with Gasteiger partial charge in [0.15, 0.2) is 5.92 Å². The van der Waals surface area contributed by atoms with Crippen LogP contribution in [-0.2, 0) is 9.59 Å². The van der Waals surface area contributed by atoms with E-state index >= 15 is 0 Å². The van der Waals surface area contributed by atoms with E-state index in [2.05, 4.69) is 18.2 Å². The molecule has 4 rings (SSSR count). The molecule has 4 aromatic rings. The molecule has 25 heavy (non-hydrogen) atoms. The van der Waals surface area contributed by atoms with Crippen LogP contribution in [0.25, 0.3) is 32.3 Å². The third kappa shape index (κ3) is 2.22. The Morgan fingerprint density at radius 1 is 0.760 bits per heavy atom. The topological polar surface area (TPSA) is 74.6 Å². The Bertz CT molecular complexity index is 1100. The number of aliphatic carboxylic acids is 2. The van der Waals surface area contributed by atoms with E-state index in [9.17, 15) is 19.8 Å². The lowest BCUT2D eigenvalue weighted by Crippen LogP contribution is -2.28. The van der Waals surface area contributed by atoms with Crippen LogP contribution in [0.2, 0.25) is 0 Å². The summed E-state index contributed by atoms with van der Waals surface area (Å²) in [5.41, 5.74) is 0.751. The molecular formula is C21H16O4. The van der Waals surface area contributed by atoms with Crippen LogP contribution >= 0.6 is 0 Å². The Labute approximate surface area is 143 Å². The molecule has 124 valence electrons. The molecule has 0 saturated heterocycles. The normalized spacial score (nSPS) is 13.0. The zero-order valence-electron chi connectivity index (χ0n) is 13.6. The largest absolute Gasteiger partial charge is 0.481 e. The lowest BCUT2D eigenvalue weighted by Gasteiger charge is -2.20. The molecule has 0 spiro atoms. The third-order valence-corrected chi connectivity index (χ3v) is 5.09. The third-order valence-electron chi connectivity index (χ3n) is 5.09. The van der Waals surface area contributed by atoms with Crippen LogP contribution in [0, 0.1) is 5.92 Å². The molecule has 0 radical (unpaired) electrons. The number of benzene rings is 4. The summed E-state index contributed by atoms with van der Waals surface area (Å²) in [5.74, 6) is -4.74. The van der Waals surface area contributed by atoms with Crippen molar-refractivity contribution >= 4 is 44.3 Å². The summed E-state index contributed by atoms with van der Waals surface area (Å²) < 4.78 is 0. The summed E-state index contributed by atoms with van der Waals surface area (Å²) in [6.45, 7) is 1.67. The van der Waals surface area contributed by atoms with Crippen LogP contribution in [-0.4, -0.2) is 22.2 Å². The fourth-order valence-corrected chi connectivity index (χ4v) is 3.87. The maximum atomic E-state index is 11.4. The van der Waals surface area contributed by atoms with E-state index in [4.69, 9.17) is 0 Å². The average Bonchev–Trinajstić information content (AvgIpc) is 2.58. The lowest BCUT2D eigenvalue weighted by molar-refractivity contribution is -0.155. The van der Waals surface area contributed by atoms with Gasteiger partial charge in [0.25, 0.3) is 0 Å². The molecule has 0 aromatic heterocycles. The van der Waals surface area contributed by atoms with Gasteiger partial charge in [-0.3, -0.25) is 9.59 Å². The molecule has 0 saturated carbocycles. The van der Waals surface area contributed by atoms with Crippen molar-refractivity contribution in [2.75, 3.05) is 0 Å². The Kier molecular flexibility index (Phi) is 3.35. The molecule has 0 amide bonds. The van der Waals surface area contributed by atoms with E-state index in [-0.39, 0.29) is 0 Å². The molecule has 0 fully saturated rings. The van der Waals surface area contributed by atoms with E-state index in [1.54, 1.807) is 6.92 Å². The molecule has 0 bridgehead atoms. The predicted molar refractivity (Wildman–Crippen MR) is 97.3 cm³/mol. The summed E-state index contributed by atoms with van der Waals surface area (Å²) in [7, 11) is 0. The first-order chi connectivity index (χ1) is 12.0. The summed E-state index contributed by atoms with van der Waals surface area (Å²) in [6, 6.07) is 18.0. The Hall–Kier alpha value is -3.14. The monoisotopic (exact) mass is 332 g/mol. The van der Waals surface area contributed by atoms with E-state index in [0.717, 1.165) is 37.9 Å². The molecule has 4 heteroatoms. The second-order valence-corrected chi connectivity index (χ2v) is 6.45. The van der Waals surface area contributed by atoms with Crippen LogP contribution in [0.3, 0.4) is 0 Å². The van der Waals surface area contributed by atoms with Gasteiger partial charge in [0.2, 0.25) is 0 Å². The van der Waals surface area contributed by atoms with Gasteiger partial charge < -0.3 is 10.2 Å². The Morgan fingerprint density at radius 2 is 1.28 bits per heavy atom. The maximum Gasteiger partial charge on any atom is 0.318 e. The van der Waals surface area contributed by atoms with Gasteiger partial charge in [-0.2, -0.15) is 0 Å². The van der Waals surface area contributed by atoms with Gasteiger partial charge in [0.1, 0.15) is 0 Å². The Morgan fingerprint density at radius 3 is 1.88 bits per heavy atom. The smallest absolute Gasteiger partial charge is 0.318 e. The van der Waals surface area contributed by atoms with Crippen molar-refractivity contribution in [2.45, 2.75) is 12.8 Å². The second-order valence-electron chi connectivity index (χ2n) is 6.45. The SMILES string of the molecule is C[C@@H](c1ccc2ccc3cccc4ccc1c2c34)C(C(=O)O)C(=O)O. The first kappa shape index (κ1) is 15.4. The number of hydrogen-bond acceptors (Lipinski definition) is 2. The highest BCUT2D eigenvalue weighted by atomic mass is 16.4. The van der Waals surface area contributed by atoms with Gasteiger partial charge in [-0.15, -0.1) is 0 Å². The summed E-state index contributed by atoms with van der Waals surface area (Å²) in [5, 5.41) is 25.1. The molecule has 0 aliphatic carbocycles. The number of rotatable bonds is 4. The van der Waals surface area contributed by atoms with E-state index < -0.39 is 23.8 Å². The molecule has 4 aromatic carbocycles. The van der Waals surface area contributed by atoms with E-state index in [1.165, 1.54) is 0 Å². The predicted octanol–water partition coefficient (Wildman–Crippen LogP) is 4.47. The molecule has 0 unspecified atom stereocenters. The fourth-order valence-electron chi connectivity index (χ4n) is 3.87. The number of hydrogen-bond donors (Lipinski definition) is 2. The minimum absolute atomic E-state index is 0.639. The van der Waals surface area contributed by atoms with Gasteiger partial charge in [-0.05, 0) is 37.9 Å². The standard InChI is InChI=1S/C21H16O4/c1-11(17(20(22)23)21(24)25)15-9-7-14-6-5-12-3-2-4-13-8-10-16(15)19(14)18(12)13/h2-11,17H,1H3,(H,22,23)(H,24,25)/t11-/m0/s1. The van der Waals surface area contributed by atoms with Crippen molar-refractivity contribution in [3.05, 3.63) is 60.2 Å². The van der Waals surface area contributed by atoms with Gasteiger partial charge in [0, 0.05) is 5.92 Å². The van der Waals surface area contributed by atoms with Gasteiger partial charge in [-0.1, -0.05) is 61.5 Å². The molecule has 0 heterocycles. The molecule has 2 N–H and O–H groups in total. The Balaban J connectivity index is 2.05. The summed E-state index contributed by atoms with van der Waals surface area (Å²) in [4.78, 5) is 22.9. The highest BCUT2D eigenvalue weighted by Crippen LogP contribution is 2.39. The zero-order valence-corrected chi connectivity index (χ0v) is 13.6. The van der Waals surface area contributed by atoms with Crippen molar-refractivity contribution in [3.8, 4) is 0 Å². The van der Waals surface area contributed by atoms with Crippen LogP contribution in [0.4, 0.5) is 0 Å². The van der Waals surface area contributed by atoms with Crippen molar-refractivity contribution in [1.29, 1.82) is 0 Å². The molecule has 0 aliphatic heterocycles. The minimum atomic E-state index is -1.47. The molecule has 4 nitrogen and oxygen atoms in total. The zero-order chi connectivity index (χ0) is 17.7.